The van der Waals surface area contributed by atoms with Crippen molar-refractivity contribution in [2.45, 2.75) is 26.5 Å². The number of aliphatic hydroxyl groups is 1. The van der Waals surface area contributed by atoms with Crippen LogP contribution in [0.5, 0.6) is 5.75 Å². The molecule has 2 aromatic rings. The second-order valence-corrected chi connectivity index (χ2v) is 4.72. The van der Waals surface area contributed by atoms with Gasteiger partial charge in [0.05, 0.1) is 19.8 Å². The van der Waals surface area contributed by atoms with Gasteiger partial charge >= 0.3 is 5.69 Å². The predicted octanol–water partition coefficient (Wildman–Crippen LogP) is 1.60. The molecule has 0 saturated heterocycles. The summed E-state index contributed by atoms with van der Waals surface area (Å²) in [6.07, 6.45) is -0.762. The third-order valence-electron chi connectivity index (χ3n) is 3.20. The first-order valence-electron chi connectivity index (χ1n) is 6.38. The Labute approximate surface area is 117 Å². The summed E-state index contributed by atoms with van der Waals surface area (Å²) in [6, 6.07) is 8.95. The van der Waals surface area contributed by atoms with Crippen LogP contribution in [0.25, 0.3) is 0 Å². The summed E-state index contributed by atoms with van der Waals surface area (Å²) in [6.45, 7) is 3.79. The van der Waals surface area contributed by atoms with Gasteiger partial charge in [0.25, 0.3) is 0 Å². The summed E-state index contributed by atoms with van der Waals surface area (Å²) in [5.41, 5.74) is 1.87. The highest BCUT2D eigenvalue weighted by molar-refractivity contribution is 5.28. The molecule has 20 heavy (non-hydrogen) atoms. The molecule has 0 bridgehead atoms. The van der Waals surface area contributed by atoms with Crippen molar-refractivity contribution < 1.29 is 9.84 Å². The molecule has 1 heterocycles. The molecule has 0 radical (unpaired) electrons. The molecule has 0 aliphatic rings. The van der Waals surface area contributed by atoms with Gasteiger partial charge in [0, 0.05) is 11.4 Å². The zero-order chi connectivity index (χ0) is 14.7. The van der Waals surface area contributed by atoms with Gasteiger partial charge in [-0.05, 0) is 37.6 Å². The van der Waals surface area contributed by atoms with E-state index in [1.807, 2.05) is 13.0 Å². The third-order valence-corrected chi connectivity index (χ3v) is 3.20. The summed E-state index contributed by atoms with van der Waals surface area (Å²) in [7, 11) is 1.59. The highest BCUT2D eigenvalue weighted by Gasteiger charge is 2.12. The molecule has 0 amide bonds. The molecule has 1 aromatic heterocycles. The zero-order valence-electron chi connectivity index (χ0n) is 11.8. The van der Waals surface area contributed by atoms with Gasteiger partial charge in [-0.3, -0.25) is 4.57 Å². The Bertz CT molecular complexity index is 647. The molecule has 1 unspecified atom stereocenters. The van der Waals surface area contributed by atoms with Gasteiger partial charge in [-0.2, -0.15) is 4.98 Å². The minimum atomic E-state index is -0.762. The monoisotopic (exact) mass is 274 g/mol. The smallest absolute Gasteiger partial charge is 0.348 e. The molecule has 2 rings (SSSR count). The maximum Gasteiger partial charge on any atom is 0.348 e. The van der Waals surface area contributed by atoms with E-state index in [2.05, 4.69) is 4.98 Å². The lowest BCUT2D eigenvalue weighted by molar-refractivity contribution is 0.153. The number of aliphatic hydroxyl groups excluding tert-OH is 1. The number of aryl methyl sites for hydroxylation is 2. The average molecular weight is 274 g/mol. The van der Waals surface area contributed by atoms with Gasteiger partial charge in [0.1, 0.15) is 5.75 Å². The Hall–Kier alpha value is -2.14. The highest BCUT2D eigenvalue weighted by atomic mass is 16.5. The van der Waals surface area contributed by atoms with Crippen LogP contribution >= 0.6 is 0 Å². The second-order valence-electron chi connectivity index (χ2n) is 4.72. The van der Waals surface area contributed by atoms with Crippen molar-refractivity contribution in [2.75, 3.05) is 7.11 Å². The quantitative estimate of drug-likeness (QED) is 0.919. The van der Waals surface area contributed by atoms with Gasteiger partial charge in [-0.25, -0.2) is 4.79 Å². The van der Waals surface area contributed by atoms with E-state index in [0.29, 0.717) is 5.69 Å². The van der Waals surface area contributed by atoms with Crippen LogP contribution in [0.4, 0.5) is 0 Å². The van der Waals surface area contributed by atoms with Crippen LogP contribution in [-0.4, -0.2) is 21.8 Å². The molecule has 0 spiro atoms. The van der Waals surface area contributed by atoms with Gasteiger partial charge < -0.3 is 9.84 Å². The van der Waals surface area contributed by atoms with Crippen LogP contribution in [-0.2, 0) is 6.54 Å². The average Bonchev–Trinajstić information content (AvgIpc) is 2.42. The second kappa shape index (κ2) is 5.88. The number of benzene rings is 1. The van der Waals surface area contributed by atoms with Crippen molar-refractivity contribution in [1.29, 1.82) is 0 Å². The van der Waals surface area contributed by atoms with E-state index in [1.165, 1.54) is 4.57 Å². The zero-order valence-corrected chi connectivity index (χ0v) is 11.8. The fourth-order valence-electron chi connectivity index (χ4n) is 2.10. The van der Waals surface area contributed by atoms with E-state index in [9.17, 15) is 9.90 Å². The van der Waals surface area contributed by atoms with Gasteiger partial charge in [0.2, 0.25) is 0 Å². The summed E-state index contributed by atoms with van der Waals surface area (Å²) in [5, 5.41) is 10.2. The number of ether oxygens (including phenoxy) is 1. The molecule has 1 atom stereocenters. The summed E-state index contributed by atoms with van der Waals surface area (Å²) >= 11 is 0. The third kappa shape index (κ3) is 3.05. The molecule has 0 aliphatic heterocycles. The molecule has 0 aliphatic carbocycles. The van der Waals surface area contributed by atoms with Crippen LogP contribution in [0.15, 0.2) is 35.1 Å². The summed E-state index contributed by atoms with van der Waals surface area (Å²) < 4.78 is 6.55. The van der Waals surface area contributed by atoms with Gasteiger partial charge in [-0.15, -0.1) is 0 Å². The number of hydrogen-bond acceptors (Lipinski definition) is 4. The maximum atomic E-state index is 11.8. The molecule has 5 heteroatoms. The maximum absolute atomic E-state index is 11.8. The Balaban J connectivity index is 2.23. The molecule has 106 valence electrons. The summed E-state index contributed by atoms with van der Waals surface area (Å²) in [5.74, 6) is 0.728. The van der Waals surface area contributed by atoms with Crippen LogP contribution in [0, 0.1) is 13.8 Å². The predicted molar refractivity (Wildman–Crippen MR) is 75.9 cm³/mol. The Kier molecular flexibility index (Phi) is 4.20. The molecule has 5 nitrogen and oxygen atoms in total. The first-order chi connectivity index (χ1) is 9.51. The van der Waals surface area contributed by atoms with Crippen LogP contribution in [0.1, 0.15) is 23.1 Å². The standard InChI is InChI=1S/C15H18N2O3/c1-10-8-11(2)17(15(19)16-10)9-14(18)12-4-6-13(20-3)7-5-12/h4-8,14,18H,9H2,1-3H3. The van der Waals surface area contributed by atoms with E-state index >= 15 is 0 Å². The molecule has 1 aromatic carbocycles. The van der Waals surface area contributed by atoms with Crippen LogP contribution in [0.2, 0.25) is 0 Å². The SMILES string of the molecule is COc1ccc(C(O)Cn2c(C)cc(C)nc2=O)cc1. The van der Waals surface area contributed by atoms with E-state index in [-0.39, 0.29) is 12.2 Å². The number of rotatable bonds is 4. The van der Waals surface area contributed by atoms with E-state index in [4.69, 9.17) is 4.74 Å². The van der Waals surface area contributed by atoms with Crippen LogP contribution < -0.4 is 10.4 Å². The lowest BCUT2D eigenvalue weighted by atomic mass is 10.1. The first kappa shape index (κ1) is 14.3. The molecule has 1 N–H and O–H groups in total. The minimum absolute atomic E-state index is 0.185. The number of methoxy groups -OCH3 is 1. The van der Waals surface area contributed by atoms with Crippen molar-refractivity contribution in [2.24, 2.45) is 0 Å². The summed E-state index contributed by atoms with van der Waals surface area (Å²) in [4.78, 5) is 15.7. The lowest BCUT2D eigenvalue weighted by Gasteiger charge is -2.15. The van der Waals surface area contributed by atoms with Crippen molar-refractivity contribution >= 4 is 0 Å². The molecular formula is C15H18N2O3. The normalized spacial score (nSPS) is 12.2. The van der Waals surface area contributed by atoms with E-state index < -0.39 is 6.10 Å². The number of nitrogens with zero attached hydrogens (tertiary/aromatic N) is 2. The van der Waals surface area contributed by atoms with Crippen molar-refractivity contribution in [3.05, 3.63) is 57.8 Å². The van der Waals surface area contributed by atoms with Crippen molar-refractivity contribution in [1.82, 2.24) is 9.55 Å². The van der Waals surface area contributed by atoms with Crippen molar-refractivity contribution in [3.63, 3.8) is 0 Å². The fraction of sp³-hybridized carbons (Fsp3) is 0.333. The first-order valence-corrected chi connectivity index (χ1v) is 6.38. The van der Waals surface area contributed by atoms with Crippen LogP contribution in [0.3, 0.4) is 0 Å². The Morgan fingerprint density at radius 1 is 1.30 bits per heavy atom. The van der Waals surface area contributed by atoms with Gasteiger partial charge in [0.15, 0.2) is 0 Å². The highest BCUT2D eigenvalue weighted by Crippen LogP contribution is 2.19. The largest absolute Gasteiger partial charge is 0.497 e. The molecular weight excluding hydrogens is 256 g/mol. The van der Waals surface area contributed by atoms with Crippen molar-refractivity contribution in [3.8, 4) is 5.75 Å². The topological polar surface area (TPSA) is 64.3 Å². The fourth-order valence-corrected chi connectivity index (χ4v) is 2.10. The van der Waals surface area contributed by atoms with E-state index in [0.717, 1.165) is 17.0 Å². The number of hydrogen-bond donors (Lipinski definition) is 1. The Morgan fingerprint density at radius 3 is 2.50 bits per heavy atom. The molecule has 0 fully saturated rings. The Morgan fingerprint density at radius 2 is 1.95 bits per heavy atom. The minimum Gasteiger partial charge on any atom is -0.497 e. The van der Waals surface area contributed by atoms with E-state index in [1.54, 1.807) is 38.3 Å². The number of aromatic nitrogens is 2. The molecule has 0 saturated carbocycles. The lowest BCUT2D eigenvalue weighted by Crippen LogP contribution is -2.28. The van der Waals surface area contributed by atoms with Gasteiger partial charge in [-0.1, -0.05) is 12.1 Å².